The van der Waals surface area contributed by atoms with Crippen LogP contribution in [0.25, 0.3) is 0 Å². The highest BCUT2D eigenvalue weighted by atomic mass is 79.9. The normalized spacial score (nSPS) is 14.4. The fourth-order valence-electron chi connectivity index (χ4n) is 2.10. The predicted octanol–water partition coefficient (Wildman–Crippen LogP) is 2.03. The summed E-state index contributed by atoms with van der Waals surface area (Å²) in [5.74, 6) is -2.66. The van der Waals surface area contributed by atoms with Gasteiger partial charge in [-0.1, -0.05) is 0 Å². The summed E-state index contributed by atoms with van der Waals surface area (Å²) in [7, 11) is 0. The van der Waals surface area contributed by atoms with E-state index >= 15 is 0 Å². The molecule has 0 atom stereocenters. The van der Waals surface area contributed by atoms with E-state index in [9.17, 15) is 18.8 Å². The highest BCUT2D eigenvalue weighted by Crippen LogP contribution is 2.36. The molecule has 1 aromatic carbocycles. The van der Waals surface area contributed by atoms with Crippen molar-refractivity contribution in [1.82, 2.24) is 5.32 Å². The van der Waals surface area contributed by atoms with Crippen LogP contribution in [0.1, 0.15) is 31.1 Å². The summed E-state index contributed by atoms with van der Waals surface area (Å²) < 4.78 is 13.6. The number of anilines is 1. The molecule has 2 amide bonds. The number of fused-ring (bicyclic) bond motifs is 1. The molecule has 2 rings (SSSR count). The third-order valence-electron chi connectivity index (χ3n) is 2.80. The van der Waals surface area contributed by atoms with E-state index in [0.717, 1.165) is 17.0 Å². The first kappa shape index (κ1) is 15.6. The highest BCUT2D eigenvalue weighted by molar-refractivity contribution is 9.10. The zero-order valence-corrected chi connectivity index (χ0v) is 13.4. The van der Waals surface area contributed by atoms with Gasteiger partial charge in [-0.3, -0.25) is 19.3 Å². The summed E-state index contributed by atoms with van der Waals surface area (Å²) in [5, 5.41) is 2.71. The number of amides is 2. The van der Waals surface area contributed by atoms with Crippen LogP contribution in [0, 0.1) is 5.82 Å². The van der Waals surface area contributed by atoms with Gasteiger partial charge in [0.2, 0.25) is 5.91 Å². The summed E-state index contributed by atoms with van der Waals surface area (Å²) in [5.41, 5.74) is -0.252. The van der Waals surface area contributed by atoms with Gasteiger partial charge in [-0.25, -0.2) is 4.39 Å². The first-order valence-corrected chi connectivity index (χ1v) is 7.06. The summed E-state index contributed by atoms with van der Waals surface area (Å²) >= 11 is 3.13. The molecule has 0 radical (unpaired) electrons. The van der Waals surface area contributed by atoms with Crippen molar-refractivity contribution in [2.24, 2.45) is 0 Å². The first-order valence-electron chi connectivity index (χ1n) is 6.26. The number of nitrogens with one attached hydrogen (secondary N) is 1. The van der Waals surface area contributed by atoms with Gasteiger partial charge in [0, 0.05) is 10.0 Å². The molecule has 1 heterocycles. The Morgan fingerprint density at radius 2 is 1.95 bits per heavy atom. The van der Waals surface area contributed by atoms with E-state index in [4.69, 9.17) is 0 Å². The molecule has 0 aromatic heterocycles. The van der Waals surface area contributed by atoms with Crippen LogP contribution in [-0.2, 0) is 9.59 Å². The van der Waals surface area contributed by atoms with Gasteiger partial charge < -0.3 is 5.32 Å². The number of halogens is 2. The zero-order chi connectivity index (χ0) is 15.9. The number of hydrogen-bond acceptors (Lipinski definition) is 3. The Balaban J connectivity index is 2.34. The van der Waals surface area contributed by atoms with Crippen LogP contribution in [0.4, 0.5) is 10.1 Å². The number of Topliss-reactive ketones (excluding diaryl/α,β-unsaturated/α-hetero) is 1. The van der Waals surface area contributed by atoms with Crippen molar-refractivity contribution in [2.75, 3.05) is 11.4 Å². The monoisotopic (exact) mass is 356 g/mol. The summed E-state index contributed by atoms with van der Waals surface area (Å²) in [6, 6.07) is 2.15. The van der Waals surface area contributed by atoms with Crippen molar-refractivity contribution in [3.05, 3.63) is 28.0 Å². The molecule has 21 heavy (non-hydrogen) atoms. The van der Waals surface area contributed by atoms with Crippen molar-refractivity contribution in [3.8, 4) is 0 Å². The van der Waals surface area contributed by atoms with Crippen molar-refractivity contribution in [1.29, 1.82) is 0 Å². The van der Waals surface area contributed by atoms with Crippen molar-refractivity contribution < 1.29 is 18.8 Å². The smallest absolute Gasteiger partial charge is 0.299 e. The Hall–Kier alpha value is -1.76. The van der Waals surface area contributed by atoms with Gasteiger partial charge in [-0.05, 0) is 48.8 Å². The largest absolute Gasteiger partial charge is 0.350 e. The Kier molecular flexibility index (Phi) is 3.88. The molecule has 0 aliphatic carbocycles. The van der Waals surface area contributed by atoms with Crippen molar-refractivity contribution >= 4 is 39.2 Å². The molecule has 0 saturated heterocycles. The SMILES string of the molecule is CC(C)(C)NC(=O)CN1C(=O)C(=O)c2cc(F)cc(Br)c21. The maximum Gasteiger partial charge on any atom is 0.299 e. The van der Waals surface area contributed by atoms with Crippen LogP contribution < -0.4 is 10.2 Å². The number of carbonyl (C=O) groups is 3. The van der Waals surface area contributed by atoms with E-state index in [1.54, 1.807) is 20.8 Å². The van der Waals surface area contributed by atoms with Crippen LogP contribution in [0.3, 0.4) is 0 Å². The van der Waals surface area contributed by atoms with Crippen LogP contribution in [0.15, 0.2) is 16.6 Å². The molecule has 0 unspecified atom stereocenters. The minimum atomic E-state index is -0.833. The molecule has 5 nitrogen and oxygen atoms in total. The third-order valence-corrected chi connectivity index (χ3v) is 3.40. The van der Waals surface area contributed by atoms with E-state index in [2.05, 4.69) is 21.2 Å². The minimum Gasteiger partial charge on any atom is -0.350 e. The van der Waals surface area contributed by atoms with Crippen molar-refractivity contribution in [3.63, 3.8) is 0 Å². The number of ketones is 1. The second-order valence-corrected chi connectivity index (χ2v) is 6.66. The van der Waals surface area contributed by atoms with Gasteiger partial charge in [0.1, 0.15) is 12.4 Å². The number of nitrogens with zero attached hydrogens (tertiary/aromatic N) is 1. The van der Waals surface area contributed by atoms with E-state index in [-0.39, 0.29) is 22.3 Å². The molecule has 112 valence electrons. The van der Waals surface area contributed by atoms with Gasteiger partial charge in [0.05, 0.1) is 11.3 Å². The standard InChI is InChI=1S/C14H14BrFN2O3/c1-14(2,3)17-10(19)6-18-11-8(12(20)13(18)21)4-7(16)5-9(11)15/h4-5H,6H2,1-3H3,(H,17,19). The molecule has 0 saturated carbocycles. The van der Waals surface area contributed by atoms with Crippen LogP contribution in [0.2, 0.25) is 0 Å². The zero-order valence-electron chi connectivity index (χ0n) is 11.8. The molecule has 0 spiro atoms. The Bertz CT molecular complexity index is 652. The lowest BCUT2D eigenvalue weighted by atomic mass is 10.1. The van der Waals surface area contributed by atoms with Gasteiger partial charge in [-0.2, -0.15) is 0 Å². The maximum absolute atomic E-state index is 13.3. The number of rotatable bonds is 2. The molecule has 1 aliphatic rings. The average Bonchev–Trinajstić information content (AvgIpc) is 2.52. The van der Waals surface area contributed by atoms with Crippen LogP contribution >= 0.6 is 15.9 Å². The van der Waals surface area contributed by atoms with Gasteiger partial charge in [0.25, 0.3) is 11.7 Å². The highest BCUT2D eigenvalue weighted by Gasteiger charge is 2.39. The summed E-state index contributed by atoms with van der Waals surface area (Å²) in [6.07, 6.45) is 0. The Morgan fingerprint density at radius 3 is 2.52 bits per heavy atom. The lowest BCUT2D eigenvalue weighted by Gasteiger charge is -2.23. The van der Waals surface area contributed by atoms with E-state index in [1.807, 2.05) is 0 Å². The van der Waals surface area contributed by atoms with Gasteiger partial charge >= 0.3 is 0 Å². The summed E-state index contributed by atoms with van der Waals surface area (Å²) in [4.78, 5) is 36.9. The van der Waals surface area contributed by atoms with Crippen molar-refractivity contribution in [2.45, 2.75) is 26.3 Å². The third kappa shape index (κ3) is 3.12. The lowest BCUT2D eigenvalue weighted by Crippen LogP contribution is -2.47. The molecule has 1 N–H and O–H groups in total. The molecular formula is C14H14BrFN2O3. The molecule has 0 bridgehead atoms. The maximum atomic E-state index is 13.3. The van der Waals surface area contributed by atoms with E-state index in [0.29, 0.717) is 0 Å². The number of benzene rings is 1. The predicted molar refractivity (Wildman–Crippen MR) is 78.7 cm³/mol. The minimum absolute atomic E-state index is 0.0320. The number of hydrogen-bond donors (Lipinski definition) is 1. The lowest BCUT2D eigenvalue weighted by molar-refractivity contribution is -0.123. The molecule has 1 aromatic rings. The molecule has 0 fully saturated rings. The quantitative estimate of drug-likeness (QED) is 0.824. The fourth-order valence-corrected chi connectivity index (χ4v) is 2.75. The molecular weight excluding hydrogens is 343 g/mol. The van der Waals surface area contributed by atoms with Gasteiger partial charge in [0.15, 0.2) is 0 Å². The van der Waals surface area contributed by atoms with E-state index < -0.39 is 29.0 Å². The first-order chi connectivity index (χ1) is 9.60. The second kappa shape index (κ2) is 5.22. The van der Waals surface area contributed by atoms with Gasteiger partial charge in [-0.15, -0.1) is 0 Å². The molecule has 1 aliphatic heterocycles. The van der Waals surface area contributed by atoms with E-state index in [1.165, 1.54) is 0 Å². The Labute approximate surface area is 129 Å². The van der Waals surface area contributed by atoms with Crippen LogP contribution in [-0.4, -0.2) is 29.7 Å². The Morgan fingerprint density at radius 1 is 1.33 bits per heavy atom. The average molecular weight is 357 g/mol. The van der Waals surface area contributed by atoms with Crippen LogP contribution in [0.5, 0.6) is 0 Å². The number of carbonyl (C=O) groups excluding carboxylic acids is 3. The summed E-state index contributed by atoms with van der Waals surface area (Å²) in [6.45, 7) is 5.13. The fraction of sp³-hybridized carbons (Fsp3) is 0.357. The second-order valence-electron chi connectivity index (χ2n) is 5.80. The molecule has 7 heteroatoms. The topological polar surface area (TPSA) is 66.5 Å².